The second kappa shape index (κ2) is 13.3. The van der Waals surface area contributed by atoms with E-state index in [0.29, 0.717) is 27.2 Å². The lowest BCUT2D eigenvalue weighted by molar-refractivity contribution is -0.139. The first kappa shape index (κ1) is 29.8. The van der Waals surface area contributed by atoms with Gasteiger partial charge in [-0.2, -0.15) is 0 Å². The highest BCUT2D eigenvalue weighted by Crippen LogP contribution is 2.27. The number of rotatable bonds is 11. The Morgan fingerprint density at radius 3 is 2.16 bits per heavy atom. The quantitative estimate of drug-likeness (QED) is 0.304. The Morgan fingerprint density at radius 1 is 0.921 bits per heavy atom. The second-order valence-electron chi connectivity index (χ2n) is 8.53. The molecule has 202 valence electrons. The molecule has 38 heavy (non-hydrogen) atoms. The Hall–Kier alpha value is -2.78. The SMILES string of the molecule is CCCNC(=O)C(C)N(Cc1ccc(Cl)cc1Cl)C(=O)CN(c1ccc(Cl)cc1)S(=O)(=O)c1ccccc1. The van der Waals surface area contributed by atoms with Crippen molar-refractivity contribution >= 4 is 62.3 Å². The molecule has 0 aliphatic heterocycles. The van der Waals surface area contributed by atoms with Crippen LogP contribution in [-0.2, 0) is 26.2 Å². The molecule has 0 aliphatic carbocycles. The van der Waals surface area contributed by atoms with Crippen molar-refractivity contribution in [2.24, 2.45) is 0 Å². The van der Waals surface area contributed by atoms with E-state index in [-0.39, 0.29) is 23.0 Å². The van der Waals surface area contributed by atoms with Gasteiger partial charge in [-0.05, 0) is 67.4 Å². The van der Waals surface area contributed by atoms with Gasteiger partial charge >= 0.3 is 0 Å². The van der Waals surface area contributed by atoms with Crippen LogP contribution in [0.3, 0.4) is 0 Å². The summed E-state index contributed by atoms with van der Waals surface area (Å²) in [7, 11) is -4.14. The number of halogens is 3. The minimum Gasteiger partial charge on any atom is -0.354 e. The molecule has 7 nitrogen and oxygen atoms in total. The van der Waals surface area contributed by atoms with Crippen LogP contribution in [0.5, 0.6) is 0 Å². The summed E-state index contributed by atoms with van der Waals surface area (Å²) in [6.45, 7) is 3.35. The topological polar surface area (TPSA) is 86.8 Å². The van der Waals surface area contributed by atoms with Crippen LogP contribution in [0, 0.1) is 0 Å². The molecule has 0 saturated heterocycles. The highest BCUT2D eigenvalue weighted by atomic mass is 35.5. The Kier molecular flexibility index (Phi) is 10.4. The van der Waals surface area contributed by atoms with Crippen LogP contribution >= 0.6 is 34.8 Å². The molecule has 1 N–H and O–H groups in total. The average molecular weight is 597 g/mol. The molecule has 0 aromatic heterocycles. The van der Waals surface area contributed by atoms with Gasteiger partial charge in [-0.25, -0.2) is 8.42 Å². The number of anilines is 1. The number of benzene rings is 3. The largest absolute Gasteiger partial charge is 0.354 e. The number of hydrogen-bond acceptors (Lipinski definition) is 4. The van der Waals surface area contributed by atoms with Crippen molar-refractivity contribution in [2.45, 2.75) is 37.8 Å². The van der Waals surface area contributed by atoms with E-state index >= 15 is 0 Å². The molecule has 0 radical (unpaired) electrons. The van der Waals surface area contributed by atoms with E-state index in [1.807, 2.05) is 6.92 Å². The van der Waals surface area contributed by atoms with Crippen LogP contribution in [0.1, 0.15) is 25.8 Å². The zero-order valence-electron chi connectivity index (χ0n) is 20.9. The van der Waals surface area contributed by atoms with Crippen molar-refractivity contribution in [3.05, 3.63) is 93.4 Å². The summed E-state index contributed by atoms with van der Waals surface area (Å²) in [6, 6.07) is 17.9. The molecule has 1 atom stereocenters. The van der Waals surface area contributed by atoms with Crippen molar-refractivity contribution in [3.8, 4) is 0 Å². The maximum absolute atomic E-state index is 13.8. The number of nitrogens with zero attached hydrogens (tertiary/aromatic N) is 2. The van der Waals surface area contributed by atoms with Gasteiger partial charge in [0.05, 0.1) is 10.6 Å². The minimum absolute atomic E-state index is 0.0174. The monoisotopic (exact) mass is 595 g/mol. The molecule has 2 amide bonds. The molecule has 0 bridgehead atoms. The van der Waals surface area contributed by atoms with E-state index in [1.165, 1.54) is 29.2 Å². The van der Waals surface area contributed by atoms with Gasteiger partial charge in [-0.1, -0.05) is 66.0 Å². The summed E-state index contributed by atoms with van der Waals surface area (Å²) in [5, 5.41) is 3.95. The van der Waals surface area contributed by atoms with E-state index < -0.39 is 28.5 Å². The summed E-state index contributed by atoms with van der Waals surface area (Å²) in [5.41, 5.74) is 0.808. The molecule has 3 aromatic rings. The normalized spacial score (nSPS) is 12.0. The van der Waals surface area contributed by atoms with Gasteiger partial charge in [0.25, 0.3) is 10.0 Å². The summed E-state index contributed by atoms with van der Waals surface area (Å²) in [6.07, 6.45) is 0.717. The third-order valence-corrected chi connectivity index (χ3v) is 8.42. The third-order valence-electron chi connectivity index (χ3n) is 5.80. The van der Waals surface area contributed by atoms with Gasteiger partial charge in [-0.15, -0.1) is 0 Å². The molecule has 11 heteroatoms. The van der Waals surface area contributed by atoms with E-state index in [1.54, 1.807) is 55.5 Å². The van der Waals surface area contributed by atoms with Gasteiger partial charge in [0.1, 0.15) is 12.6 Å². The van der Waals surface area contributed by atoms with Gasteiger partial charge in [0.2, 0.25) is 11.8 Å². The molecule has 0 heterocycles. The number of sulfonamides is 1. The van der Waals surface area contributed by atoms with Crippen molar-refractivity contribution in [2.75, 3.05) is 17.4 Å². The first-order chi connectivity index (χ1) is 18.0. The van der Waals surface area contributed by atoms with Crippen LogP contribution in [0.4, 0.5) is 5.69 Å². The first-order valence-electron chi connectivity index (χ1n) is 11.9. The van der Waals surface area contributed by atoms with Crippen LogP contribution < -0.4 is 9.62 Å². The lowest BCUT2D eigenvalue weighted by Gasteiger charge is -2.32. The summed E-state index contributed by atoms with van der Waals surface area (Å²) in [4.78, 5) is 28.0. The Labute approximate surface area is 238 Å². The highest BCUT2D eigenvalue weighted by molar-refractivity contribution is 7.92. The number of carbonyl (C=O) groups is 2. The van der Waals surface area contributed by atoms with Gasteiger partial charge < -0.3 is 10.2 Å². The van der Waals surface area contributed by atoms with Gasteiger partial charge in [0.15, 0.2) is 0 Å². The van der Waals surface area contributed by atoms with Crippen molar-refractivity contribution in [1.82, 2.24) is 10.2 Å². The maximum Gasteiger partial charge on any atom is 0.264 e. The smallest absolute Gasteiger partial charge is 0.264 e. The highest BCUT2D eigenvalue weighted by Gasteiger charge is 2.32. The van der Waals surface area contributed by atoms with Gasteiger partial charge in [-0.3, -0.25) is 13.9 Å². The number of amides is 2. The number of hydrogen-bond donors (Lipinski definition) is 1. The van der Waals surface area contributed by atoms with Gasteiger partial charge in [0, 0.05) is 28.2 Å². The summed E-state index contributed by atoms with van der Waals surface area (Å²) < 4.78 is 28.4. The average Bonchev–Trinajstić information content (AvgIpc) is 2.90. The van der Waals surface area contributed by atoms with Crippen LogP contribution in [0.15, 0.2) is 77.7 Å². The molecule has 0 fully saturated rings. The molecule has 3 rings (SSSR count). The lowest BCUT2D eigenvalue weighted by atomic mass is 10.1. The zero-order valence-corrected chi connectivity index (χ0v) is 24.0. The standard InChI is InChI=1S/C27H28Cl3N3O4S/c1-3-15-31-27(35)19(2)32(17-20-9-10-22(29)16-25(20)30)26(34)18-33(23-13-11-21(28)12-14-23)38(36,37)24-7-5-4-6-8-24/h4-14,16,19H,3,15,17-18H2,1-2H3,(H,31,35). The summed E-state index contributed by atoms with van der Waals surface area (Å²) >= 11 is 18.4. The predicted molar refractivity (Wildman–Crippen MR) is 152 cm³/mol. The number of carbonyl (C=O) groups excluding carboxylic acids is 2. The minimum atomic E-state index is -4.14. The predicted octanol–water partition coefficient (Wildman–Crippen LogP) is 5.79. The van der Waals surface area contributed by atoms with Crippen LogP contribution in [0.25, 0.3) is 0 Å². The van der Waals surface area contributed by atoms with Crippen LogP contribution in [-0.4, -0.2) is 44.3 Å². The Bertz CT molecular complexity index is 1370. The zero-order chi connectivity index (χ0) is 27.9. The first-order valence-corrected chi connectivity index (χ1v) is 14.5. The maximum atomic E-state index is 13.8. The van der Waals surface area contributed by atoms with E-state index in [0.717, 1.165) is 10.7 Å². The molecule has 0 saturated carbocycles. The number of nitrogens with one attached hydrogen (secondary N) is 1. The van der Waals surface area contributed by atoms with E-state index in [2.05, 4.69) is 5.32 Å². The lowest BCUT2D eigenvalue weighted by Crippen LogP contribution is -2.51. The molecule has 1 unspecified atom stereocenters. The van der Waals surface area contributed by atoms with Crippen molar-refractivity contribution in [1.29, 1.82) is 0 Å². The molecular weight excluding hydrogens is 569 g/mol. The fraction of sp³-hybridized carbons (Fsp3) is 0.259. The fourth-order valence-corrected chi connectivity index (χ4v) is 5.70. The van der Waals surface area contributed by atoms with E-state index in [4.69, 9.17) is 34.8 Å². The van der Waals surface area contributed by atoms with Crippen molar-refractivity contribution < 1.29 is 18.0 Å². The Balaban J connectivity index is 2.02. The molecular formula is C27H28Cl3N3O4S. The molecule has 0 aliphatic rings. The molecule has 3 aromatic carbocycles. The van der Waals surface area contributed by atoms with Crippen LogP contribution in [0.2, 0.25) is 15.1 Å². The second-order valence-corrected chi connectivity index (χ2v) is 11.7. The molecule has 0 spiro atoms. The third kappa shape index (κ3) is 7.41. The fourth-order valence-electron chi connectivity index (χ4n) is 3.67. The summed E-state index contributed by atoms with van der Waals surface area (Å²) in [5.74, 6) is -0.959. The Morgan fingerprint density at radius 2 is 1.55 bits per heavy atom. The van der Waals surface area contributed by atoms with E-state index in [9.17, 15) is 18.0 Å². The van der Waals surface area contributed by atoms with Crippen molar-refractivity contribution in [3.63, 3.8) is 0 Å².